The van der Waals surface area contributed by atoms with E-state index >= 15 is 0 Å². The molecule has 0 spiro atoms. The maximum absolute atomic E-state index is 13.5. The zero-order valence-corrected chi connectivity index (χ0v) is 12.1. The van der Waals surface area contributed by atoms with Gasteiger partial charge in [-0.1, -0.05) is 0 Å². The first-order chi connectivity index (χ1) is 11.3. The van der Waals surface area contributed by atoms with E-state index in [1.165, 1.54) is 13.2 Å². The van der Waals surface area contributed by atoms with Crippen LogP contribution in [0.4, 0.5) is 35.0 Å². The van der Waals surface area contributed by atoms with Crippen molar-refractivity contribution < 1.29 is 27.6 Å². The number of benzene rings is 2. The van der Waals surface area contributed by atoms with Gasteiger partial charge < -0.3 is 15.4 Å². The van der Waals surface area contributed by atoms with Crippen molar-refractivity contribution in [3.63, 3.8) is 0 Å². The molecule has 0 aliphatic rings. The number of halogens is 3. The molecule has 0 saturated carbocycles. The zero-order valence-electron chi connectivity index (χ0n) is 12.1. The average Bonchev–Trinajstić information content (AvgIpc) is 2.55. The topological polar surface area (TPSA) is 93.5 Å². The number of carbonyl (C=O) groups excluding carboxylic acids is 1. The smallest absolute Gasteiger partial charge is 0.323 e. The quantitative estimate of drug-likeness (QED) is 0.504. The lowest BCUT2D eigenvalue weighted by molar-refractivity contribution is -0.384. The molecule has 2 N–H and O–H groups in total. The van der Waals surface area contributed by atoms with Crippen molar-refractivity contribution in [1.82, 2.24) is 0 Å². The molecule has 0 radical (unpaired) electrons. The van der Waals surface area contributed by atoms with Crippen LogP contribution in [0.2, 0.25) is 0 Å². The molecule has 0 aromatic heterocycles. The lowest BCUT2D eigenvalue weighted by Crippen LogP contribution is -2.21. The van der Waals surface area contributed by atoms with Crippen molar-refractivity contribution in [2.24, 2.45) is 0 Å². The molecular weight excluding hydrogens is 331 g/mol. The Hall–Kier alpha value is -3.30. The third kappa shape index (κ3) is 3.54. The van der Waals surface area contributed by atoms with Gasteiger partial charge in [-0.3, -0.25) is 10.1 Å². The fourth-order valence-corrected chi connectivity index (χ4v) is 1.81. The van der Waals surface area contributed by atoms with E-state index in [0.717, 1.165) is 18.2 Å². The number of hydrogen-bond acceptors (Lipinski definition) is 4. The van der Waals surface area contributed by atoms with E-state index in [9.17, 15) is 28.1 Å². The summed E-state index contributed by atoms with van der Waals surface area (Å²) in [5, 5.41) is 14.9. The Morgan fingerprint density at radius 1 is 1.08 bits per heavy atom. The highest BCUT2D eigenvalue weighted by molar-refractivity contribution is 6.01. The number of nitro groups is 1. The summed E-state index contributed by atoms with van der Waals surface area (Å²) in [5.41, 5.74) is -0.979. The zero-order chi connectivity index (χ0) is 17.9. The molecule has 0 unspecified atom stereocenters. The van der Waals surface area contributed by atoms with Crippen molar-refractivity contribution in [3.8, 4) is 5.75 Å². The first-order valence-electron chi connectivity index (χ1n) is 6.37. The van der Waals surface area contributed by atoms with E-state index in [4.69, 9.17) is 4.74 Å². The molecule has 2 rings (SSSR count). The minimum absolute atomic E-state index is 0.0628. The Balaban J connectivity index is 2.22. The molecule has 126 valence electrons. The van der Waals surface area contributed by atoms with Gasteiger partial charge in [0.25, 0.3) is 5.69 Å². The number of nitro benzene ring substituents is 1. The van der Waals surface area contributed by atoms with Crippen LogP contribution in [0, 0.1) is 27.6 Å². The molecule has 0 bridgehead atoms. The number of carbonyl (C=O) groups is 1. The number of non-ortho nitro benzene ring substituents is 1. The molecule has 7 nitrogen and oxygen atoms in total. The summed E-state index contributed by atoms with van der Waals surface area (Å²) in [5.74, 6) is -4.60. The van der Waals surface area contributed by atoms with Gasteiger partial charge in [0.05, 0.1) is 23.4 Å². The molecule has 0 atom stereocenters. The van der Waals surface area contributed by atoms with E-state index in [-0.39, 0.29) is 17.1 Å². The Morgan fingerprint density at radius 3 is 2.38 bits per heavy atom. The molecule has 10 heteroatoms. The monoisotopic (exact) mass is 341 g/mol. The summed E-state index contributed by atoms with van der Waals surface area (Å²) in [7, 11) is 1.28. The lowest BCUT2D eigenvalue weighted by atomic mass is 10.2. The van der Waals surface area contributed by atoms with Crippen LogP contribution in [0.1, 0.15) is 0 Å². The van der Waals surface area contributed by atoms with Gasteiger partial charge in [0.1, 0.15) is 5.75 Å². The van der Waals surface area contributed by atoms with Gasteiger partial charge in [0.15, 0.2) is 17.5 Å². The van der Waals surface area contributed by atoms with Gasteiger partial charge in [0.2, 0.25) is 0 Å². The van der Waals surface area contributed by atoms with Crippen LogP contribution in [-0.4, -0.2) is 18.1 Å². The first kappa shape index (κ1) is 17.1. The normalized spacial score (nSPS) is 10.2. The van der Waals surface area contributed by atoms with Crippen molar-refractivity contribution in [2.75, 3.05) is 17.7 Å². The molecule has 0 aliphatic heterocycles. The number of methoxy groups -OCH3 is 1. The van der Waals surface area contributed by atoms with E-state index < -0.39 is 34.1 Å². The first-order valence-corrected chi connectivity index (χ1v) is 6.37. The fourth-order valence-electron chi connectivity index (χ4n) is 1.81. The van der Waals surface area contributed by atoms with Crippen LogP contribution in [0.5, 0.6) is 5.75 Å². The molecule has 2 aromatic rings. The second kappa shape index (κ2) is 6.86. The number of urea groups is 1. The van der Waals surface area contributed by atoms with Crippen molar-refractivity contribution in [2.45, 2.75) is 0 Å². The maximum atomic E-state index is 13.5. The third-order valence-corrected chi connectivity index (χ3v) is 2.93. The minimum Gasteiger partial charge on any atom is -0.495 e. The molecule has 24 heavy (non-hydrogen) atoms. The van der Waals surface area contributed by atoms with Crippen molar-refractivity contribution in [1.29, 1.82) is 0 Å². The van der Waals surface area contributed by atoms with Gasteiger partial charge in [-0.15, -0.1) is 0 Å². The fraction of sp³-hybridized carbons (Fsp3) is 0.0714. The Bertz CT molecular complexity index is 814. The van der Waals surface area contributed by atoms with Crippen molar-refractivity contribution in [3.05, 3.63) is 57.9 Å². The number of nitrogens with zero attached hydrogens (tertiary/aromatic N) is 1. The van der Waals surface area contributed by atoms with E-state index in [2.05, 4.69) is 5.32 Å². The van der Waals surface area contributed by atoms with Crippen LogP contribution in [0.25, 0.3) is 0 Å². The summed E-state index contributed by atoms with van der Waals surface area (Å²) < 4.78 is 44.4. The number of ether oxygens (including phenoxy) is 1. The number of hydrogen-bond donors (Lipinski definition) is 2. The van der Waals surface area contributed by atoms with Crippen LogP contribution >= 0.6 is 0 Å². The van der Waals surface area contributed by atoms with Gasteiger partial charge in [-0.25, -0.2) is 18.0 Å². The molecule has 0 fully saturated rings. The molecule has 0 saturated heterocycles. The second-order valence-electron chi connectivity index (χ2n) is 4.44. The largest absolute Gasteiger partial charge is 0.495 e. The van der Waals surface area contributed by atoms with Crippen LogP contribution < -0.4 is 15.4 Å². The maximum Gasteiger partial charge on any atom is 0.323 e. The molecule has 0 aliphatic carbocycles. The SMILES string of the molecule is COc1ccc([N+](=O)[O-])cc1NC(=O)Nc1ccc(F)c(F)c1F. The Kier molecular flexibility index (Phi) is 4.87. The third-order valence-electron chi connectivity index (χ3n) is 2.93. The van der Waals surface area contributed by atoms with E-state index in [1.807, 2.05) is 5.32 Å². The highest BCUT2D eigenvalue weighted by atomic mass is 19.2. The summed E-state index contributed by atoms with van der Waals surface area (Å²) in [6.45, 7) is 0. The minimum atomic E-state index is -1.74. The van der Waals surface area contributed by atoms with Gasteiger partial charge >= 0.3 is 6.03 Å². The molecule has 2 amide bonds. The standard InChI is InChI=1S/C14H10F3N3O4/c1-24-11-5-2-7(20(22)23)6-10(11)19-14(21)18-9-4-3-8(15)12(16)13(9)17/h2-6H,1H3,(H2,18,19,21). The van der Waals surface area contributed by atoms with Gasteiger partial charge in [-0.2, -0.15) is 0 Å². The summed E-state index contributed by atoms with van der Waals surface area (Å²) in [4.78, 5) is 21.9. The predicted molar refractivity (Wildman–Crippen MR) is 78.6 cm³/mol. The highest BCUT2D eigenvalue weighted by Crippen LogP contribution is 2.29. The van der Waals surface area contributed by atoms with E-state index in [1.54, 1.807) is 0 Å². The summed E-state index contributed by atoms with van der Waals surface area (Å²) >= 11 is 0. The molecule has 2 aromatic carbocycles. The summed E-state index contributed by atoms with van der Waals surface area (Å²) in [6, 6.07) is 3.89. The van der Waals surface area contributed by atoms with Crippen LogP contribution in [-0.2, 0) is 0 Å². The number of amides is 2. The van der Waals surface area contributed by atoms with Crippen LogP contribution in [0.3, 0.4) is 0 Å². The summed E-state index contributed by atoms with van der Waals surface area (Å²) in [6.07, 6.45) is 0. The predicted octanol–water partition coefficient (Wildman–Crippen LogP) is 3.66. The number of anilines is 2. The molecular formula is C14H10F3N3O4. The Morgan fingerprint density at radius 2 is 1.75 bits per heavy atom. The average molecular weight is 341 g/mol. The van der Waals surface area contributed by atoms with E-state index in [0.29, 0.717) is 6.07 Å². The number of nitrogens with one attached hydrogen (secondary N) is 2. The lowest BCUT2D eigenvalue weighted by Gasteiger charge is -2.11. The van der Waals surface area contributed by atoms with Gasteiger partial charge in [0, 0.05) is 12.1 Å². The van der Waals surface area contributed by atoms with Crippen molar-refractivity contribution >= 4 is 23.1 Å². The molecule has 0 heterocycles. The Labute approximate surface area is 133 Å². The number of rotatable bonds is 4. The van der Waals surface area contributed by atoms with Gasteiger partial charge in [-0.05, 0) is 18.2 Å². The highest BCUT2D eigenvalue weighted by Gasteiger charge is 2.17. The van der Waals surface area contributed by atoms with Crippen LogP contribution in [0.15, 0.2) is 30.3 Å². The second-order valence-corrected chi connectivity index (χ2v) is 4.44.